The SMILES string of the molecule is CCCNc1ncc(F)c(-c2cccc(C3CCC3)c2)n1. The Labute approximate surface area is 124 Å². The maximum Gasteiger partial charge on any atom is 0.223 e. The van der Waals surface area contributed by atoms with Gasteiger partial charge in [-0.2, -0.15) is 0 Å². The molecule has 1 aliphatic rings. The van der Waals surface area contributed by atoms with Crippen molar-refractivity contribution < 1.29 is 4.39 Å². The van der Waals surface area contributed by atoms with Gasteiger partial charge in [0.25, 0.3) is 0 Å². The third-order valence-corrected chi connectivity index (χ3v) is 4.01. The minimum atomic E-state index is -0.372. The van der Waals surface area contributed by atoms with Crippen LogP contribution in [0, 0.1) is 5.82 Å². The van der Waals surface area contributed by atoms with Crippen molar-refractivity contribution in [1.29, 1.82) is 0 Å². The lowest BCUT2D eigenvalue weighted by Gasteiger charge is -2.26. The Morgan fingerprint density at radius 1 is 1.33 bits per heavy atom. The standard InChI is InChI=1S/C17H20FN3/c1-2-9-19-17-20-11-15(18)16(21-17)14-8-4-7-13(10-14)12-5-3-6-12/h4,7-8,10-12H,2-3,5-6,9H2,1H3,(H,19,20,21). The normalized spacial score (nSPS) is 14.8. The Morgan fingerprint density at radius 3 is 2.90 bits per heavy atom. The van der Waals surface area contributed by atoms with Crippen LogP contribution in [0.3, 0.4) is 0 Å². The van der Waals surface area contributed by atoms with E-state index in [4.69, 9.17) is 0 Å². The largest absolute Gasteiger partial charge is 0.354 e. The summed E-state index contributed by atoms with van der Waals surface area (Å²) in [4.78, 5) is 8.32. The Bertz CT molecular complexity index is 623. The van der Waals surface area contributed by atoms with Crippen LogP contribution >= 0.6 is 0 Å². The fraction of sp³-hybridized carbons (Fsp3) is 0.412. The van der Waals surface area contributed by atoms with E-state index in [2.05, 4.69) is 34.3 Å². The van der Waals surface area contributed by atoms with E-state index >= 15 is 0 Å². The number of anilines is 1. The van der Waals surface area contributed by atoms with E-state index in [1.807, 2.05) is 12.1 Å². The van der Waals surface area contributed by atoms with Gasteiger partial charge in [-0.05, 0) is 36.8 Å². The first kappa shape index (κ1) is 14.0. The van der Waals surface area contributed by atoms with Gasteiger partial charge in [0, 0.05) is 12.1 Å². The first-order chi connectivity index (χ1) is 10.3. The molecule has 0 radical (unpaired) electrons. The van der Waals surface area contributed by atoms with Crippen LogP contribution in [-0.4, -0.2) is 16.5 Å². The second-order valence-corrected chi connectivity index (χ2v) is 5.57. The van der Waals surface area contributed by atoms with E-state index in [1.54, 1.807) is 0 Å². The summed E-state index contributed by atoms with van der Waals surface area (Å²) in [5.74, 6) is 0.748. The van der Waals surface area contributed by atoms with Gasteiger partial charge < -0.3 is 5.32 Å². The number of hydrogen-bond donors (Lipinski definition) is 1. The van der Waals surface area contributed by atoms with E-state index in [9.17, 15) is 4.39 Å². The Kier molecular flexibility index (Phi) is 4.13. The van der Waals surface area contributed by atoms with Gasteiger partial charge in [0.2, 0.25) is 5.95 Å². The number of hydrogen-bond acceptors (Lipinski definition) is 3. The Morgan fingerprint density at radius 2 is 2.19 bits per heavy atom. The zero-order valence-electron chi connectivity index (χ0n) is 12.3. The van der Waals surface area contributed by atoms with E-state index in [-0.39, 0.29) is 5.82 Å². The van der Waals surface area contributed by atoms with E-state index in [0.29, 0.717) is 17.6 Å². The molecule has 110 valence electrons. The highest BCUT2D eigenvalue weighted by molar-refractivity contribution is 5.62. The number of aromatic nitrogens is 2. The van der Waals surface area contributed by atoms with Crippen LogP contribution in [0.1, 0.15) is 44.1 Å². The monoisotopic (exact) mass is 285 g/mol. The van der Waals surface area contributed by atoms with Crippen molar-refractivity contribution in [3.63, 3.8) is 0 Å². The molecule has 0 unspecified atom stereocenters. The smallest absolute Gasteiger partial charge is 0.223 e. The molecule has 1 saturated carbocycles. The quantitative estimate of drug-likeness (QED) is 0.886. The van der Waals surface area contributed by atoms with Crippen LogP contribution in [0.5, 0.6) is 0 Å². The number of halogens is 1. The molecule has 3 nitrogen and oxygen atoms in total. The maximum absolute atomic E-state index is 14.1. The van der Waals surface area contributed by atoms with Crippen LogP contribution in [-0.2, 0) is 0 Å². The summed E-state index contributed by atoms with van der Waals surface area (Å²) in [6.45, 7) is 2.85. The molecule has 1 heterocycles. The van der Waals surface area contributed by atoms with Gasteiger partial charge in [0.1, 0.15) is 5.69 Å². The summed E-state index contributed by atoms with van der Waals surface area (Å²) in [7, 11) is 0. The van der Waals surface area contributed by atoms with Crippen LogP contribution in [0.2, 0.25) is 0 Å². The topological polar surface area (TPSA) is 37.8 Å². The van der Waals surface area contributed by atoms with Crippen molar-refractivity contribution in [2.75, 3.05) is 11.9 Å². The first-order valence-corrected chi connectivity index (χ1v) is 7.64. The van der Waals surface area contributed by atoms with E-state index < -0.39 is 0 Å². The number of benzene rings is 1. The van der Waals surface area contributed by atoms with Crippen molar-refractivity contribution in [2.45, 2.75) is 38.5 Å². The minimum Gasteiger partial charge on any atom is -0.354 e. The van der Waals surface area contributed by atoms with Gasteiger partial charge in [-0.3, -0.25) is 0 Å². The Hall–Kier alpha value is -1.97. The summed E-state index contributed by atoms with van der Waals surface area (Å²) in [6, 6.07) is 8.10. The molecule has 0 aliphatic heterocycles. The van der Waals surface area contributed by atoms with Gasteiger partial charge in [-0.25, -0.2) is 14.4 Å². The average Bonchev–Trinajstić information content (AvgIpc) is 2.45. The van der Waals surface area contributed by atoms with Crippen molar-refractivity contribution in [3.8, 4) is 11.3 Å². The molecule has 1 aromatic heterocycles. The summed E-state index contributed by atoms with van der Waals surface area (Å²) in [5, 5.41) is 3.10. The zero-order valence-corrected chi connectivity index (χ0v) is 12.3. The Balaban J connectivity index is 1.91. The maximum atomic E-state index is 14.1. The molecule has 0 atom stereocenters. The highest BCUT2D eigenvalue weighted by Crippen LogP contribution is 2.37. The molecular formula is C17H20FN3. The number of nitrogens with one attached hydrogen (secondary N) is 1. The molecule has 0 saturated heterocycles. The van der Waals surface area contributed by atoms with E-state index in [0.717, 1.165) is 18.5 Å². The molecule has 1 fully saturated rings. The van der Waals surface area contributed by atoms with Crippen LogP contribution < -0.4 is 5.32 Å². The third kappa shape index (κ3) is 3.04. The van der Waals surface area contributed by atoms with Gasteiger partial charge in [-0.15, -0.1) is 0 Å². The molecule has 2 aromatic rings. The summed E-state index contributed by atoms with van der Waals surface area (Å²) in [5.41, 5.74) is 2.50. The van der Waals surface area contributed by atoms with Crippen molar-refractivity contribution in [3.05, 3.63) is 41.8 Å². The van der Waals surface area contributed by atoms with Gasteiger partial charge in [0.05, 0.1) is 6.20 Å². The molecule has 3 rings (SSSR count). The summed E-state index contributed by atoms with van der Waals surface area (Å²) < 4.78 is 14.1. The number of rotatable bonds is 5. The molecule has 1 aromatic carbocycles. The molecule has 4 heteroatoms. The lowest BCUT2D eigenvalue weighted by Crippen LogP contribution is -2.09. The van der Waals surface area contributed by atoms with E-state index in [1.165, 1.54) is 31.0 Å². The highest BCUT2D eigenvalue weighted by Gasteiger charge is 2.20. The second-order valence-electron chi connectivity index (χ2n) is 5.57. The van der Waals surface area contributed by atoms with Gasteiger partial charge in [0.15, 0.2) is 5.82 Å². The average molecular weight is 285 g/mol. The highest BCUT2D eigenvalue weighted by atomic mass is 19.1. The lowest BCUT2D eigenvalue weighted by atomic mass is 9.79. The zero-order chi connectivity index (χ0) is 14.7. The summed E-state index contributed by atoms with van der Waals surface area (Å²) in [6.07, 6.45) is 5.99. The lowest BCUT2D eigenvalue weighted by molar-refractivity contribution is 0.420. The second kappa shape index (κ2) is 6.20. The fourth-order valence-corrected chi connectivity index (χ4v) is 2.57. The fourth-order valence-electron chi connectivity index (χ4n) is 2.57. The molecule has 0 amide bonds. The molecule has 1 N–H and O–H groups in total. The first-order valence-electron chi connectivity index (χ1n) is 7.64. The predicted molar refractivity (Wildman–Crippen MR) is 82.8 cm³/mol. The molecular weight excluding hydrogens is 265 g/mol. The molecule has 21 heavy (non-hydrogen) atoms. The van der Waals surface area contributed by atoms with Crippen molar-refractivity contribution in [1.82, 2.24) is 9.97 Å². The van der Waals surface area contributed by atoms with Crippen LogP contribution in [0.4, 0.5) is 10.3 Å². The van der Waals surface area contributed by atoms with Crippen LogP contribution in [0.15, 0.2) is 30.5 Å². The van der Waals surface area contributed by atoms with Gasteiger partial charge >= 0.3 is 0 Å². The predicted octanol–water partition coefficient (Wildman–Crippen LogP) is 4.37. The van der Waals surface area contributed by atoms with Crippen molar-refractivity contribution >= 4 is 5.95 Å². The third-order valence-electron chi connectivity index (χ3n) is 4.01. The summed E-state index contributed by atoms with van der Waals surface area (Å²) >= 11 is 0. The molecule has 1 aliphatic carbocycles. The minimum absolute atomic E-state index is 0.372. The van der Waals surface area contributed by atoms with Gasteiger partial charge in [-0.1, -0.05) is 31.5 Å². The molecule has 0 spiro atoms. The molecule has 0 bridgehead atoms. The van der Waals surface area contributed by atoms with Crippen LogP contribution in [0.25, 0.3) is 11.3 Å². The number of nitrogens with zero attached hydrogens (tertiary/aromatic N) is 2. The van der Waals surface area contributed by atoms with Crippen molar-refractivity contribution in [2.24, 2.45) is 0 Å².